The van der Waals surface area contributed by atoms with Crippen molar-refractivity contribution in [1.29, 1.82) is 0 Å². The van der Waals surface area contributed by atoms with Gasteiger partial charge in [-0.25, -0.2) is 0 Å². The molecule has 0 saturated carbocycles. The molecule has 4 heteroatoms. The summed E-state index contributed by atoms with van der Waals surface area (Å²) in [6, 6.07) is 7.90. The molecule has 0 atom stereocenters. The molecule has 2 rings (SSSR count). The number of nitrogens with zero attached hydrogens (tertiary/aromatic N) is 1. The first kappa shape index (κ1) is 13.9. The monoisotopic (exact) mass is 261 g/mol. The zero-order valence-corrected chi connectivity index (χ0v) is 11.8. The van der Waals surface area contributed by atoms with Crippen LogP contribution in [0.15, 0.2) is 24.3 Å². The summed E-state index contributed by atoms with van der Waals surface area (Å²) in [5.41, 5.74) is 1.94. The van der Waals surface area contributed by atoms with Gasteiger partial charge in [-0.2, -0.15) is 0 Å². The predicted molar refractivity (Wildman–Crippen MR) is 79.6 cm³/mol. The van der Waals surface area contributed by atoms with Crippen LogP contribution in [0, 0.1) is 5.92 Å². The number of piperidine rings is 1. The average molecular weight is 261 g/mol. The van der Waals surface area contributed by atoms with Crippen LogP contribution in [0.1, 0.15) is 19.3 Å². The topological polar surface area (TPSA) is 44.4 Å². The Morgan fingerprint density at radius 2 is 2.00 bits per heavy atom. The van der Waals surface area contributed by atoms with E-state index >= 15 is 0 Å². The Labute approximate surface area is 115 Å². The molecule has 1 aromatic rings. The highest BCUT2D eigenvalue weighted by molar-refractivity contribution is 5.94. The van der Waals surface area contributed by atoms with Crippen LogP contribution in [0.2, 0.25) is 0 Å². The number of nitrogens with one attached hydrogen (secondary N) is 2. The Morgan fingerprint density at radius 1 is 1.32 bits per heavy atom. The molecule has 0 aromatic heterocycles. The summed E-state index contributed by atoms with van der Waals surface area (Å²) < 4.78 is 0. The zero-order valence-electron chi connectivity index (χ0n) is 11.8. The van der Waals surface area contributed by atoms with Crippen LogP contribution in [0.4, 0.5) is 11.4 Å². The first-order valence-electron chi connectivity index (χ1n) is 6.93. The first-order valence-corrected chi connectivity index (χ1v) is 6.93. The summed E-state index contributed by atoms with van der Waals surface area (Å²) in [5, 5.41) is 6.36. The number of amides is 1. The minimum absolute atomic E-state index is 0.126. The van der Waals surface area contributed by atoms with Crippen LogP contribution in [-0.2, 0) is 4.79 Å². The highest BCUT2D eigenvalue weighted by atomic mass is 16.1. The minimum Gasteiger partial charge on any atom is -0.376 e. The Bertz CT molecular complexity index is 425. The Balaban J connectivity index is 1.94. The van der Waals surface area contributed by atoms with Crippen molar-refractivity contribution in [2.45, 2.75) is 19.3 Å². The number of para-hydroxylation sites is 2. The van der Waals surface area contributed by atoms with Crippen LogP contribution >= 0.6 is 0 Å². The van der Waals surface area contributed by atoms with Gasteiger partial charge in [-0.3, -0.25) is 4.79 Å². The maximum Gasteiger partial charge on any atom is 0.224 e. The van der Waals surface area contributed by atoms with Crippen LogP contribution in [0.25, 0.3) is 0 Å². The van der Waals surface area contributed by atoms with Crippen molar-refractivity contribution in [3.05, 3.63) is 24.3 Å². The molecule has 1 fully saturated rings. The highest BCUT2D eigenvalue weighted by Gasteiger charge is 2.17. The molecular weight excluding hydrogens is 238 g/mol. The molecule has 0 bridgehead atoms. The van der Waals surface area contributed by atoms with Crippen molar-refractivity contribution in [2.24, 2.45) is 5.92 Å². The Hall–Kier alpha value is -1.55. The van der Waals surface area contributed by atoms with Gasteiger partial charge in [-0.1, -0.05) is 12.1 Å². The second-order valence-corrected chi connectivity index (χ2v) is 5.36. The molecule has 1 aliphatic rings. The minimum atomic E-state index is 0.126. The van der Waals surface area contributed by atoms with E-state index in [1.165, 1.54) is 0 Å². The van der Waals surface area contributed by atoms with E-state index in [-0.39, 0.29) is 5.91 Å². The van der Waals surface area contributed by atoms with Crippen LogP contribution in [-0.4, -0.2) is 33.1 Å². The molecule has 1 heterocycles. The molecule has 1 amide bonds. The second-order valence-electron chi connectivity index (χ2n) is 5.36. The van der Waals surface area contributed by atoms with E-state index < -0.39 is 0 Å². The summed E-state index contributed by atoms with van der Waals surface area (Å²) in [6.45, 7) is 2.07. The van der Waals surface area contributed by atoms with Gasteiger partial charge in [0.15, 0.2) is 0 Å². The van der Waals surface area contributed by atoms with E-state index in [0.717, 1.165) is 37.3 Å². The SMILES string of the molecule is CN(C)c1ccccc1NC(=O)CC1CCNCC1. The van der Waals surface area contributed by atoms with Crippen LogP contribution in [0.3, 0.4) is 0 Å². The highest BCUT2D eigenvalue weighted by Crippen LogP contribution is 2.24. The van der Waals surface area contributed by atoms with E-state index in [4.69, 9.17) is 0 Å². The van der Waals surface area contributed by atoms with Gasteiger partial charge in [0.25, 0.3) is 0 Å². The van der Waals surface area contributed by atoms with Gasteiger partial charge in [0.2, 0.25) is 5.91 Å². The maximum atomic E-state index is 12.1. The quantitative estimate of drug-likeness (QED) is 0.872. The molecule has 0 unspecified atom stereocenters. The van der Waals surface area contributed by atoms with Gasteiger partial charge in [0.1, 0.15) is 0 Å². The summed E-state index contributed by atoms with van der Waals surface area (Å²) in [4.78, 5) is 14.1. The van der Waals surface area contributed by atoms with E-state index in [0.29, 0.717) is 12.3 Å². The molecular formula is C15H23N3O. The summed E-state index contributed by atoms with van der Waals surface area (Å²) in [7, 11) is 3.97. The Morgan fingerprint density at radius 3 is 2.68 bits per heavy atom. The smallest absolute Gasteiger partial charge is 0.224 e. The third-order valence-corrected chi connectivity index (χ3v) is 3.59. The van der Waals surface area contributed by atoms with Crippen molar-refractivity contribution < 1.29 is 4.79 Å². The molecule has 1 aliphatic heterocycles. The standard InChI is InChI=1S/C15H23N3O/c1-18(2)14-6-4-3-5-13(14)17-15(19)11-12-7-9-16-10-8-12/h3-6,12,16H,7-11H2,1-2H3,(H,17,19). The lowest BCUT2D eigenvalue weighted by atomic mass is 9.94. The predicted octanol–water partition coefficient (Wildman–Crippen LogP) is 2.08. The number of carbonyl (C=O) groups is 1. The van der Waals surface area contributed by atoms with Crippen LogP contribution < -0.4 is 15.5 Å². The van der Waals surface area contributed by atoms with Crippen molar-refractivity contribution in [3.8, 4) is 0 Å². The van der Waals surface area contributed by atoms with Gasteiger partial charge in [0.05, 0.1) is 11.4 Å². The van der Waals surface area contributed by atoms with Crippen molar-refractivity contribution in [2.75, 3.05) is 37.4 Å². The molecule has 1 saturated heterocycles. The van der Waals surface area contributed by atoms with Gasteiger partial charge in [-0.05, 0) is 44.0 Å². The van der Waals surface area contributed by atoms with Gasteiger partial charge in [0, 0.05) is 20.5 Å². The fraction of sp³-hybridized carbons (Fsp3) is 0.533. The van der Waals surface area contributed by atoms with E-state index in [9.17, 15) is 4.79 Å². The maximum absolute atomic E-state index is 12.1. The van der Waals surface area contributed by atoms with Crippen LogP contribution in [0.5, 0.6) is 0 Å². The lowest BCUT2D eigenvalue weighted by Gasteiger charge is -2.23. The second kappa shape index (κ2) is 6.57. The number of benzene rings is 1. The molecule has 2 N–H and O–H groups in total. The average Bonchev–Trinajstić information content (AvgIpc) is 2.40. The fourth-order valence-electron chi connectivity index (χ4n) is 2.52. The third-order valence-electron chi connectivity index (χ3n) is 3.59. The van der Waals surface area contributed by atoms with E-state index in [1.54, 1.807) is 0 Å². The number of hydrogen-bond acceptors (Lipinski definition) is 3. The molecule has 1 aromatic carbocycles. The Kier molecular flexibility index (Phi) is 4.80. The van der Waals surface area contributed by atoms with Gasteiger partial charge in [-0.15, -0.1) is 0 Å². The molecule has 4 nitrogen and oxygen atoms in total. The molecule has 0 radical (unpaired) electrons. The van der Waals surface area contributed by atoms with E-state index in [2.05, 4.69) is 10.6 Å². The molecule has 104 valence electrons. The summed E-state index contributed by atoms with van der Waals surface area (Å²) in [5.74, 6) is 0.647. The summed E-state index contributed by atoms with van der Waals surface area (Å²) in [6.07, 6.45) is 2.83. The van der Waals surface area contributed by atoms with Crippen molar-refractivity contribution in [1.82, 2.24) is 5.32 Å². The van der Waals surface area contributed by atoms with Crippen molar-refractivity contribution in [3.63, 3.8) is 0 Å². The first-order chi connectivity index (χ1) is 9.16. The normalized spacial score (nSPS) is 16.1. The number of rotatable bonds is 4. The molecule has 19 heavy (non-hydrogen) atoms. The lowest BCUT2D eigenvalue weighted by molar-refractivity contribution is -0.117. The molecule has 0 spiro atoms. The van der Waals surface area contributed by atoms with Gasteiger partial charge >= 0.3 is 0 Å². The third kappa shape index (κ3) is 3.96. The lowest BCUT2D eigenvalue weighted by Crippen LogP contribution is -2.30. The van der Waals surface area contributed by atoms with Gasteiger partial charge < -0.3 is 15.5 Å². The number of hydrogen-bond donors (Lipinski definition) is 2. The molecule has 0 aliphatic carbocycles. The summed E-state index contributed by atoms with van der Waals surface area (Å²) >= 11 is 0. The van der Waals surface area contributed by atoms with E-state index in [1.807, 2.05) is 43.3 Å². The largest absolute Gasteiger partial charge is 0.376 e. The van der Waals surface area contributed by atoms with Crippen molar-refractivity contribution >= 4 is 17.3 Å². The number of carbonyl (C=O) groups excluding carboxylic acids is 1. The fourth-order valence-corrected chi connectivity index (χ4v) is 2.52. The number of anilines is 2. The zero-order chi connectivity index (χ0) is 13.7.